The van der Waals surface area contributed by atoms with Crippen LogP contribution in [0, 0.1) is 6.92 Å². The number of benzene rings is 2. The maximum atomic E-state index is 12.3. The van der Waals surface area contributed by atoms with Crippen LogP contribution in [0.3, 0.4) is 0 Å². The highest BCUT2D eigenvalue weighted by atomic mass is 32.2. The Hall–Kier alpha value is -1.69. The first-order chi connectivity index (χ1) is 10.9. The molecule has 5 heteroatoms. The van der Waals surface area contributed by atoms with E-state index in [1.54, 1.807) is 24.3 Å². The molecule has 1 saturated heterocycles. The fraction of sp³-hybridized carbons (Fsp3) is 0.333. The van der Waals surface area contributed by atoms with Crippen molar-refractivity contribution in [1.29, 1.82) is 0 Å². The molecule has 122 valence electrons. The van der Waals surface area contributed by atoms with Gasteiger partial charge < -0.3 is 4.48 Å². The van der Waals surface area contributed by atoms with Crippen molar-refractivity contribution in [3.63, 3.8) is 0 Å². The van der Waals surface area contributed by atoms with Crippen LogP contribution < -0.4 is 0 Å². The third-order valence-electron chi connectivity index (χ3n) is 4.27. The number of likely N-dealkylation sites (N-methyl/N-ethyl adjacent to an activating group) is 1. The fourth-order valence-electron chi connectivity index (χ4n) is 3.08. The number of aryl methyl sites for hydroxylation is 1. The van der Waals surface area contributed by atoms with Gasteiger partial charge in [0.1, 0.15) is 19.6 Å². The maximum Gasteiger partial charge on any atom is 0.297 e. The molecule has 0 radical (unpaired) electrons. The van der Waals surface area contributed by atoms with E-state index in [0.29, 0.717) is 13.1 Å². The van der Waals surface area contributed by atoms with Crippen LogP contribution in [-0.4, -0.2) is 39.1 Å². The molecule has 0 aromatic heterocycles. The largest absolute Gasteiger partial charge is 0.318 e. The average Bonchev–Trinajstić information content (AvgIpc) is 2.47. The van der Waals surface area contributed by atoms with Gasteiger partial charge in [-0.3, -0.25) is 4.18 Å². The lowest BCUT2D eigenvalue weighted by Gasteiger charge is -2.46. The normalized spacial score (nSPS) is 24.2. The molecule has 2 aromatic rings. The number of hydrogen-bond acceptors (Lipinski definition) is 3. The first kappa shape index (κ1) is 16.2. The van der Waals surface area contributed by atoms with Gasteiger partial charge >= 0.3 is 0 Å². The Morgan fingerprint density at radius 1 is 1.04 bits per heavy atom. The molecule has 0 saturated carbocycles. The molecule has 0 N–H and O–H groups in total. The van der Waals surface area contributed by atoms with Gasteiger partial charge in [-0.05, 0) is 19.1 Å². The number of likely N-dealkylation sites (tertiary alicyclic amines) is 1. The lowest BCUT2D eigenvalue weighted by Crippen LogP contribution is -2.64. The van der Waals surface area contributed by atoms with E-state index in [0.717, 1.165) is 16.6 Å². The summed E-state index contributed by atoms with van der Waals surface area (Å²) in [4.78, 5) is 0.229. The van der Waals surface area contributed by atoms with Gasteiger partial charge in [0, 0.05) is 5.56 Å². The second-order valence-electron chi connectivity index (χ2n) is 6.61. The standard InChI is InChI=1S/C18H22NO3S/c1-15-8-10-18(11-9-15)23(20,21)22-17-13-19(2,14-17)12-16-6-4-3-5-7-16/h3-11,17H,12-14H2,1-2H3/q+1. The van der Waals surface area contributed by atoms with Crippen LogP contribution in [0.2, 0.25) is 0 Å². The van der Waals surface area contributed by atoms with Crippen molar-refractivity contribution in [3.8, 4) is 0 Å². The zero-order valence-electron chi connectivity index (χ0n) is 13.5. The predicted molar refractivity (Wildman–Crippen MR) is 89.3 cm³/mol. The van der Waals surface area contributed by atoms with Gasteiger partial charge in [-0.15, -0.1) is 0 Å². The van der Waals surface area contributed by atoms with Crippen LogP contribution in [0.1, 0.15) is 11.1 Å². The molecular weight excluding hydrogens is 310 g/mol. The molecule has 0 atom stereocenters. The molecule has 0 amide bonds. The van der Waals surface area contributed by atoms with E-state index in [-0.39, 0.29) is 11.0 Å². The Bertz CT molecular complexity index is 764. The summed E-state index contributed by atoms with van der Waals surface area (Å²) >= 11 is 0. The summed E-state index contributed by atoms with van der Waals surface area (Å²) in [6.07, 6.45) is -0.241. The molecule has 0 spiro atoms. The smallest absolute Gasteiger partial charge is 0.297 e. The third-order valence-corrected chi connectivity index (χ3v) is 5.64. The second kappa shape index (κ2) is 6.07. The molecule has 1 heterocycles. The topological polar surface area (TPSA) is 43.4 Å². The highest BCUT2D eigenvalue weighted by Gasteiger charge is 2.44. The van der Waals surface area contributed by atoms with Crippen LogP contribution in [0.4, 0.5) is 0 Å². The monoisotopic (exact) mass is 332 g/mol. The lowest BCUT2D eigenvalue weighted by molar-refractivity contribution is -0.966. The van der Waals surface area contributed by atoms with Crippen LogP contribution in [0.5, 0.6) is 0 Å². The maximum absolute atomic E-state index is 12.3. The minimum atomic E-state index is -3.67. The van der Waals surface area contributed by atoms with Gasteiger partial charge in [-0.25, -0.2) is 0 Å². The minimum Gasteiger partial charge on any atom is -0.318 e. The van der Waals surface area contributed by atoms with Crippen molar-refractivity contribution < 1.29 is 17.1 Å². The average molecular weight is 332 g/mol. The quantitative estimate of drug-likeness (QED) is 0.625. The third kappa shape index (κ3) is 3.80. The van der Waals surface area contributed by atoms with Crippen molar-refractivity contribution in [1.82, 2.24) is 0 Å². The van der Waals surface area contributed by atoms with Crippen LogP contribution >= 0.6 is 0 Å². The summed E-state index contributed by atoms with van der Waals surface area (Å²) in [6.45, 7) is 4.24. The summed E-state index contributed by atoms with van der Waals surface area (Å²) in [7, 11) is -1.54. The molecule has 0 aliphatic carbocycles. The van der Waals surface area contributed by atoms with Crippen LogP contribution in [-0.2, 0) is 20.8 Å². The molecular formula is C18H22NO3S+. The molecule has 2 aromatic carbocycles. The zero-order chi connectivity index (χ0) is 16.5. The SMILES string of the molecule is Cc1ccc(S(=O)(=O)OC2C[N+](C)(Cc3ccccc3)C2)cc1. The first-order valence-electron chi connectivity index (χ1n) is 7.74. The summed E-state index contributed by atoms with van der Waals surface area (Å²) in [5.74, 6) is 0. The molecule has 0 bridgehead atoms. The van der Waals surface area contributed by atoms with E-state index in [9.17, 15) is 8.42 Å². The second-order valence-corrected chi connectivity index (χ2v) is 8.19. The van der Waals surface area contributed by atoms with E-state index in [4.69, 9.17) is 4.18 Å². The van der Waals surface area contributed by atoms with Crippen molar-refractivity contribution in [2.75, 3.05) is 20.1 Å². The van der Waals surface area contributed by atoms with E-state index in [1.807, 2.05) is 25.1 Å². The lowest BCUT2D eigenvalue weighted by atomic mass is 10.1. The molecule has 1 aliphatic rings. The summed E-state index contributed by atoms with van der Waals surface area (Å²) < 4.78 is 30.8. The van der Waals surface area contributed by atoms with Crippen LogP contribution in [0.15, 0.2) is 59.5 Å². The Morgan fingerprint density at radius 2 is 1.65 bits per heavy atom. The van der Waals surface area contributed by atoms with E-state index in [2.05, 4.69) is 19.2 Å². The predicted octanol–water partition coefficient (Wildman–Crippen LogP) is 2.73. The van der Waals surface area contributed by atoms with E-state index < -0.39 is 10.1 Å². The van der Waals surface area contributed by atoms with E-state index >= 15 is 0 Å². The summed E-state index contributed by atoms with van der Waals surface area (Å²) in [5.41, 5.74) is 2.29. The van der Waals surface area contributed by atoms with Gasteiger partial charge in [0.15, 0.2) is 6.10 Å². The fourth-order valence-corrected chi connectivity index (χ4v) is 4.14. The van der Waals surface area contributed by atoms with Crippen molar-refractivity contribution in [2.24, 2.45) is 0 Å². The number of hydrogen-bond donors (Lipinski definition) is 0. The molecule has 23 heavy (non-hydrogen) atoms. The van der Waals surface area contributed by atoms with Crippen molar-refractivity contribution in [2.45, 2.75) is 24.5 Å². The summed E-state index contributed by atoms with van der Waals surface area (Å²) in [6, 6.07) is 17.0. The Kier molecular flexibility index (Phi) is 4.27. The highest BCUT2D eigenvalue weighted by Crippen LogP contribution is 2.27. The van der Waals surface area contributed by atoms with Crippen molar-refractivity contribution >= 4 is 10.1 Å². The van der Waals surface area contributed by atoms with Gasteiger partial charge in [0.25, 0.3) is 10.1 Å². The van der Waals surface area contributed by atoms with Gasteiger partial charge in [0.05, 0.1) is 11.9 Å². The van der Waals surface area contributed by atoms with Gasteiger partial charge in [-0.1, -0.05) is 48.0 Å². The number of rotatable bonds is 5. The number of quaternary nitrogens is 1. The molecule has 1 fully saturated rings. The van der Waals surface area contributed by atoms with E-state index in [1.165, 1.54) is 5.56 Å². The van der Waals surface area contributed by atoms with Gasteiger partial charge in [-0.2, -0.15) is 8.42 Å². The van der Waals surface area contributed by atoms with Gasteiger partial charge in [0.2, 0.25) is 0 Å². The molecule has 3 rings (SSSR count). The van der Waals surface area contributed by atoms with Crippen LogP contribution in [0.25, 0.3) is 0 Å². The Morgan fingerprint density at radius 3 is 2.26 bits per heavy atom. The van der Waals surface area contributed by atoms with Crippen molar-refractivity contribution in [3.05, 3.63) is 65.7 Å². The minimum absolute atomic E-state index is 0.229. The molecule has 0 unspecified atom stereocenters. The molecule has 1 aliphatic heterocycles. The first-order valence-corrected chi connectivity index (χ1v) is 9.15. The Labute approximate surface area is 138 Å². The zero-order valence-corrected chi connectivity index (χ0v) is 14.3. The number of nitrogens with zero attached hydrogens (tertiary/aromatic N) is 1. The molecule has 4 nitrogen and oxygen atoms in total. The highest BCUT2D eigenvalue weighted by molar-refractivity contribution is 7.86. The Balaban J connectivity index is 1.60. The summed E-state index contributed by atoms with van der Waals surface area (Å²) in [5, 5.41) is 0.